The molecule has 0 fully saturated rings. The summed E-state index contributed by atoms with van der Waals surface area (Å²) in [6.07, 6.45) is 0. The molecule has 2 rings (SSSR count). The molecule has 0 heterocycles. The fourth-order valence-corrected chi connectivity index (χ4v) is 2.47. The van der Waals surface area contributed by atoms with E-state index in [2.05, 4.69) is 21.2 Å². The molecular formula is C15H14BrClN2O. The Bertz CT molecular complexity index is 626. The molecule has 0 aliphatic rings. The third-order valence-corrected chi connectivity index (χ3v) is 3.62. The molecule has 3 nitrogen and oxygen atoms in total. The van der Waals surface area contributed by atoms with Crippen LogP contribution in [0.2, 0.25) is 5.02 Å². The van der Waals surface area contributed by atoms with Gasteiger partial charge in [0.1, 0.15) is 0 Å². The topological polar surface area (TPSA) is 32.3 Å². The van der Waals surface area contributed by atoms with E-state index in [0.29, 0.717) is 16.3 Å². The van der Waals surface area contributed by atoms with E-state index >= 15 is 0 Å². The van der Waals surface area contributed by atoms with Crippen molar-refractivity contribution in [3.63, 3.8) is 0 Å². The quantitative estimate of drug-likeness (QED) is 0.886. The molecule has 0 saturated carbocycles. The Morgan fingerprint density at radius 2 is 1.80 bits per heavy atom. The van der Waals surface area contributed by atoms with Crippen LogP contribution in [0.5, 0.6) is 0 Å². The molecule has 0 atom stereocenters. The summed E-state index contributed by atoms with van der Waals surface area (Å²) in [6, 6.07) is 12.6. The summed E-state index contributed by atoms with van der Waals surface area (Å²) in [7, 11) is 3.77. The van der Waals surface area contributed by atoms with Gasteiger partial charge in [-0.15, -0.1) is 0 Å². The minimum atomic E-state index is -0.164. The Morgan fingerprint density at radius 3 is 2.40 bits per heavy atom. The molecule has 104 valence electrons. The van der Waals surface area contributed by atoms with Crippen molar-refractivity contribution < 1.29 is 4.79 Å². The average Bonchev–Trinajstić information content (AvgIpc) is 2.39. The Labute approximate surface area is 131 Å². The van der Waals surface area contributed by atoms with Crippen LogP contribution in [0.15, 0.2) is 46.9 Å². The molecule has 2 aromatic rings. The largest absolute Gasteiger partial charge is 0.375 e. The normalized spacial score (nSPS) is 10.2. The third kappa shape index (κ3) is 3.32. The molecule has 0 aromatic heterocycles. The van der Waals surface area contributed by atoms with Gasteiger partial charge in [-0.1, -0.05) is 33.6 Å². The van der Waals surface area contributed by atoms with Crippen LogP contribution in [-0.2, 0) is 0 Å². The second-order valence-corrected chi connectivity index (χ2v) is 5.81. The van der Waals surface area contributed by atoms with E-state index in [4.69, 9.17) is 11.6 Å². The van der Waals surface area contributed by atoms with E-state index in [-0.39, 0.29) is 5.91 Å². The molecule has 20 heavy (non-hydrogen) atoms. The first-order valence-corrected chi connectivity index (χ1v) is 7.19. The highest BCUT2D eigenvalue weighted by atomic mass is 79.9. The van der Waals surface area contributed by atoms with Crippen LogP contribution in [0.4, 0.5) is 11.4 Å². The van der Waals surface area contributed by atoms with E-state index in [1.165, 1.54) is 0 Å². The van der Waals surface area contributed by atoms with E-state index in [9.17, 15) is 4.79 Å². The van der Waals surface area contributed by atoms with Gasteiger partial charge in [-0.3, -0.25) is 4.79 Å². The predicted octanol–water partition coefficient (Wildman–Crippen LogP) is 4.42. The minimum absolute atomic E-state index is 0.164. The first-order valence-electron chi connectivity index (χ1n) is 6.02. The number of carbonyl (C=O) groups is 1. The molecule has 0 radical (unpaired) electrons. The molecule has 0 unspecified atom stereocenters. The summed E-state index contributed by atoms with van der Waals surface area (Å²) in [5.74, 6) is -0.164. The number of halogens is 2. The smallest absolute Gasteiger partial charge is 0.255 e. The highest BCUT2D eigenvalue weighted by Gasteiger charge is 2.12. The first kappa shape index (κ1) is 14.9. The second kappa shape index (κ2) is 6.29. The van der Waals surface area contributed by atoms with Crippen LogP contribution in [0.3, 0.4) is 0 Å². The fourth-order valence-electron chi connectivity index (χ4n) is 1.87. The molecule has 0 saturated heterocycles. The van der Waals surface area contributed by atoms with E-state index in [0.717, 1.165) is 10.2 Å². The highest BCUT2D eigenvalue weighted by molar-refractivity contribution is 9.10. The third-order valence-electron chi connectivity index (χ3n) is 2.79. The summed E-state index contributed by atoms with van der Waals surface area (Å²) in [5, 5.41) is 3.49. The van der Waals surface area contributed by atoms with Crippen molar-refractivity contribution in [2.45, 2.75) is 0 Å². The van der Waals surface area contributed by atoms with Crippen molar-refractivity contribution in [1.82, 2.24) is 0 Å². The molecule has 0 aliphatic carbocycles. The summed E-state index contributed by atoms with van der Waals surface area (Å²) in [6.45, 7) is 0. The highest BCUT2D eigenvalue weighted by Crippen LogP contribution is 2.32. The monoisotopic (exact) mass is 352 g/mol. The van der Waals surface area contributed by atoms with Gasteiger partial charge in [0.2, 0.25) is 0 Å². The summed E-state index contributed by atoms with van der Waals surface area (Å²) in [5.41, 5.74) is 2.08. The number of carbonyl (C=O) groups excluding carboxylic acids is 1. The Morgan fingerprint density at radius 1 is 1.15 bits per heavy atom. The maximum Gasteiger partial charge on any atom is 0.255 e. The van der Waals surface area contributed by atoms with E-state index in [1.807, 2.05) is 43.3 Å². The summed E-state index contributed by atoms with van der Waals surface area (Å²) in [4.78, 5) is 14.1. The number of rotatable bonds is 3. The molecule has 1 N–H and O–H groups in total. The van der Waals surface area contributed by atoms with Crippen LogP contribution in [0.1, 0.15) is 10.4 Å². The van der Waals surface area contributed by atoms with Crippen molar-refractivity contribution in [2.24, 2.45) is 0 Å². The maximum absolute atomic E-state index is 12.2. The van der Waals surface area contributed by atoms with Gasteiger partial charge in [-0.05, 0) is 36.4 Å². The van der Waals surface area contributed by atoms with E-state index < -0.39 is 0 Å². The zero-order chi connectivity index (χ0) is 14.7. The van der Waals surface area contributed by atoms with Gasteiger partial charge in [0, 0.05) is 24.1 Å². The number of hydrogen-bond acceptors (Lipinski definition) is 2. The molecular weight excluding hydrogens is 340 g/mol. The van der Waals surface area contributed by atoms with Crippen LogP contribution in [0, 0.1) is 0 Å². The fraction of sp³-hybridized carbons (Fsp3) is 0.133. The summed E-state index contributed by atoms with van der Waals surface area (Å²) >= 11 is 9.52. The SMILES string of the molecule is CN(C)c1c(Cl)cccc1NC(=O)c1ccc(Br)cc1. The maximum atomic E-state index is 12.2. The molecule has 0 aliphatic heterocycles. The van der Waals surface area contributed by atoms with Crippen molar-refractivity contribution in [3.8, 4) is 0 Å². The summed E-state index contributed by atoms with van der Waals surface area (Å²) < 4.78 is 0.936. The van der Waals surface area contributed by atoms with Crippen LogP contribution in [-0.4, -0.2) is 20.0 Å². The predicted molar refractivity (Wildman–Crippen MR) is 87.9 cm³/mol. The Kier molecular flexibility index (Phi) is 4.68. The number of nitrogens with zero attached hydrogens (tertiary/aromatic N) is 1. The standard InChI is InChI=1S/C15H14BrClN2O/c1-19(2)14-12(17)4-3-5-13(14)18-15(20)10-6-8-11(16)9-7-10/h3-9H,1-2H3,(H,18,20). The first-order chi connectivity index (χ1) is 9.49. The van der Waals surface area contributed by atoms with Gasteiger partial charge in [0.05, 0.1) is 16.4 Å². The minimum Gasteiger partial charge on any atom is -0.375 e. The molecule has 1 amide bonds. The van der Waals surface area contributed by atoms with Crippen molar-refractivity contribution in [1.29, 1.82) is 0 Å². The zero-order valence-corrected chi connectivity index (χ0v) is 13.5. The molecule has 5 heteroatoms. The number of para-hydroxylation sites is 1. The average molecular weight is 354 g/mol. The lowest BCUT2D eigenvalue weighted by molar-refractivity contribution is 0.102. The van der Waals surface area contributed by atoms with Gasteiger partial charge in [-0.25, -0.2) is 0 Å². The van der Waals surface area contributed by atoms with Crippen LogP contribution >= 0.6 is 27.5 Å². The van der Waals surface area contributed by atoms with Crippen LogP contribution in [0.25, 0.3) is 0 Å². The van der Waals surface area contributed by atoms with Crippen molar-refractivity contribution >= 4 is 44.8 Å². The number of benzene rings is 2. The van der Waals surface area contributed by atoms with Crippen LogP contribution < -0.4 is 10.2 Å². The molecule has 2 aromatic carbocycles. The Balaban J connectivity index is 2.28. The second-order valence-electron chi connectivity index (χ2n) is 4.49. The number of amides is 1. The molecule has 0 bridgehead atoms. The Hall–Kier alpha value is -1.52. The van der Waals surface area contributed by atoms with Gasteiger partial charge < -0.3 is 10.2 Å². The number of anilines is 2. The zero-order valence-electron chi connectivity index (χ0n) is 11.2. The lowest BCUT2D eigenvalue weighted by Gasteiger charge is -2.19. The van der Waals surface area contributed by atoms with Gasteiger partial charge in [0.15, 0.2) is 0 Å². The van der Waals surface area contributed by atoms with Crippen molar-refractivity contribution in [3.05, 3.63) is 57.5 Å². The van der Waals surface area contributed by atoms with Gasteiger partial charge in [0.25, 0.3) is 5.91 Å². The lowest BCUT2D eigenvalue weighted by Crippen LogP contribution is -2.17. The van der Waals surface area contributed by atoms with Gasteiger partial charge >= 0.3 is 0 Å². The lowest BCUT2D eigenvalue weighted by atomic mass is 10.2. The van der Waals surface area contributed by atoms with E-state index in [1.54, 1.807) is 18.2 Å². The number of hydrogen-bond donors (Lipinski definition) is 1. The van der Waals surface area contributed by atoms with Crippen molar-refractivity contribution in [2.75, 3.05) is 24.3 Å². The molecule has 0 spiro atoms. The van der Waals surface area contributed by atoms with Gasteiger partial charge in [-0.2, -0.15) is 0 Å². The number of nitrogens with one attached hydrogen (secondary N) is 1.